The highest BCUT2D eigenvalue weighted by atomic mass is 79.9. The minimum absolute atomic E-state index is 0.238. The van der Waals surface area contributed by atoms with Crippen LogP contribution in [0.4, 0.5) is 4.79 Å². The highest BCUT2D eigenvalue weighted by molar-refractivity contribution is 9.12. The van der Waals surface area contributed by atoms with Gasteiger partial charge in [-0.3, -0.25) is 0 Å². The number of rotatable bonds is 4. The van der Waals surface area contributed by atoms with E-state index in [1.807, 2.05) is 36.4 Å². The predicted octanol–water partition coefficient (Wildman–Crippen LogP) is 4.04. The molecule has 1 aliphatic carbocycles. The summed E-state index contributed by atoms with van der Waals surface area (Å²) in [7, 11) is 0. The van der Waals surface area contributed by atoms with E-state index >= 15 is 0 Å². The minimum atomic E-state index is -0.238. The third kappa shape index (κ3) is 6.12. The van der Waals surface area contributed by atoms with Crippen LogP contribution in [0, 0.1) is 0 Å². The Morgan fingerprint density at radius 3 is 2.62 bits per heavy atom. The molecule has 0 aliphatic heterocycles. The molecule has 2 N–H and O–H groups in total. The highest BCUT2D eigenvalue weighted by Gasteiger charge is 2.14. The number of hydrogen-bond acceptors (Lipinski definition) is 2. The molecule has 112 valence electrons. The summed E-state index contributed by atoms with van der Waals surface area (Å²) in [6, 6.07) is 9.96. The molecular formula is C16H20BrN3O. The van der Waals surface area contributed by atoms with Crippen LogP contribution in [0.25, 0.3) is 6.08 Å². The van der Waals surface area contributed by atoms with Crippen LogP contribution in [0.3, 0.4) is 0 Å². The van der Waals surface area contributed by atoms with Gasteiger partial charge in [0.05, 0.1) is 6.21 Å². The Balaban J connectivity index is 1.76. The third-order valence-electron chi connectivity index (χ3n) is 3.40. The lowest BCUT2D eigenvalue weighted by molar-refractivity contribution is 0.233. The fourth-order valence-corrected chi connectivity index (χ4v) is 2.73. The first-order valence-corrected chi connectivity index (χ1v) is 8.05. The second kappa shape index (κ2) is 8.62. The van der Waals surface area contributed by atoms with Gasteiger partial charge in [-0.1, -0.05) is 49.6 Å². The Morgan fingerprint density at radius 2 is 1.90 bits per heavy atom. The summed E-state index contributed by atoms with van der Waals surface area (Å²) in [6.07, 6.45) is 9.30. The maximum absolute atomic E-state index is 11.7. The van der Waals surface area contributed by atoms with Gasteiger partial charge >= 0.3 is 6.03 Å². The number of hydrogen-bond donors (Lipinski definition) is 2. The third-order valence-corrected chi connectivity index (χ3v) is 3.83. The van der Waals surface area contributed by atoms with E-state index in [1.54, 1.807) is 6.21 Å². The topological polar surface area (TPSA) is 53.5 Å². The van der Waals surface area contributed by atoms with Gasteiger partial charge in [0.2, 0.25) is 0 Å². The molecule has 1 fully saturated rings. The normalized spacial score (nSPS) is 16.9. The van der Waals surface area contributed by atoms with E-state index in [0.29, 0.717) is 0 Å². The summed E-state index contributed by atoms with van der Waals surface area (Å²) in [5, 5.41) is 6.87. The molecule has 0 aromatic heterocycles. The average molecular weight is 350 g/mol. The number of amides is 2. The standard InChI is InChI=1S/C16H20BrN3O/c17-14(11-13-7-3-1-4-8-13)12-18-20-16(21)19-15-9-5-2-6-10-15/h1,3-4,7-8,11-12,15H,2,5-6,9-10H2,(H2,19,20,21)/b14-11+,18-12+. The van der Waals surface area contributed by atoms with Crippen molar-refractivity contribution >= 4 is 34.3 Å². The largest absolute Gasteiger partial charge is 0.335 e. The number of nitrogens with one attached hydrogen (secondary N) is 2. The number of carbonyl (C=O) groups is 1. The quantitative estimate of drug-likeness (QED) is 0.625. The molecule has 5 heteroatoms. The summed E-state index contributed by atoms with van der Waals surface area (Å²) in [5.41, 5.74) is 3.57. The summed E-state index contributed by atoms with van der Waals surface area (Å²) < 4.78 is 0.798. The zero-order chi connectivity index (χ0) is 14.9. The molecule has 2 amide bonds. The first-order chi connectivity index (χ1) is 10.2. The van der Waals surface area contributed by atoms with Gasteiger partial charge in [-0.15, -0.1) is 0 Å². The van der Waals surface area contributed by atoms with Crippen LogP contribution >= 0.6 is 15.9 Å². The predicted molar refractivity (Wildman–Crippen MR) is 90.4 cm³/mol. The zero-order valence-corrected chi connectivity index (χ0v) is 13.5. The average Bonchev–Trinajstić information content (AvgIpc) is 2.49. The molecule has 0 atom stereocenters. The number of carbonyl (C=O) groups excluding carboxylic acids is 1. The number of benzene rings is 1. The molecule has 2 rings (SSSR count). The zero-order valence-electron chi connectivity index (χ0n) is 11.9. The van der Waals surface area contributed by atoms with Gasteiger partial charge in [0, 0.05) is 10.5 Å². The molecule has 1 saturated carbocycles. The molecule has 21 heavy (non-hydrogen) atoms. The van der Waals surface area contributed by atoms with Gasteiger partial charge in [0.25, 0.3) is 0 Å². The molecule has 1 aromatic carbocycles. The fraction of sp³-hybridized carbons (Fsp3) is 0.375. The van der Waals surface area contributed by atoms with Crippen LogP contribution in [-0.2, 0) is 0 Å². The Labute approximate surface area is 133 Å². The number of halogens is 1. The van der Waals surface area contributed by atoms with Gasteiger partial charge in [-0.25, -0.2) is 10.2 Å². The molecule has 0 saturated heterocycles. The molecule has 0 unspecified atom stereocenters. The number of nitrogens with zero attached hydrogens (tertiary/aromatic N) is 1. The molecule has 0 radical (unpaired) electrons. The van der Waals surface area contributed by atoms with E-state index in [9.17, 15) is 4.79 Å². The fourth-order valence-electron chi connectivity index (χ4n) is 2.36. The number of hydrazone groups is 1. The summed E-state index contributed by atoms with van der Waals surface area (Å²) >= 11 is 3.40. The van der Waals surface area contributed by atoms with Crippen LogP contribution in [-0.4, -0.2) is 18.3 Å². The van der Waals surface area contributed by atoms with Crippen molar-refractivity contribution in [1.82, 2.24) is 10.7 Å². The van der Waals surface area contributed by atoms with E-state index in [2.05, 4.69) is 31.8 Å². The summed E-state index contributed by atoms with van der Waals surface area (Å²) in [4.78, 5) is 11.7. The van der Waals surface area contributed by atoms with Gasteiger partial charge in [-0.05, 0) is 40.4 Å². The van der Waals surface area contributed by atoms with Crippen LogP contribution in [0.15, 0.2) is 39.9 Å². The highest BCUT2D eigenvalue weighted by Crippen LogP contribution is 2.17. The van der Waals surface area contributed by atoms with Crippen LogP contribution in [0.5, 0.6) is 0 Å². The van der Waals surface area contributed by atoms with Gasteiger partial charge < -0.3 is 5.32 Å². The maximum Gasteiger partial charge on any atom is 0.335 e. The lowest BCUT2D eigenvalue weighted by atomic mass is 9.96. The van der Waals surface area contributed by atoms with E-state index in [0.717, 1.165) is 22.9 Å². The molecule has 0 spiro atoms. The number of urea groups is 1. The molecule has 0 bridgehead atoms. The lowest BCUT2D eigenvalue weighted by Gasteiger charge is -2.22. The molecule has 1 aliphatic rings. The lowest BCUT2D eigenvalue weighted by Crippen LogP contribution is -2.41. The Bertz CT molecular complexity index is 508. The Hall–Kier alpha value is -1.62. The van der Waals surface area contributed by atoms with Crippen molar-refractivity contribution in [2.75, 3.05) is 0 Å². The van der Waals surface area contributed by atoms with Gasteiger partial charge in [-0.2, -0.15) is 5.10 Å². The second-order valence-corrected chi connectivity index (χ2v) is 6.03. The number of allylic oxidation sites excluding steroid dienone is 1. The van der Waals surface area contributed by atoms with E-state index in [-0.39, 0.29) is 12.1 Å². The molecule has 4 nitrogen and oxygen atoms in total. The van der Waals surface area contributed by atoms with Crippen molar-refractivity contribution in [3.8, 4) is 0 Å². The first-order valence-electron chi connectivity index (χ1n) is 7.26. The van der Waals surface area contributed by atoms with Gasteiger partial charge in [0.1, 0.15) is 0 Å². The SMILES string of the molecule is O=C(N/N=C/C(Br)=C\c1ccccc1)NC1CCCCC1. The van der Waals surface area contributed by atoms with E-state index < -0.39 is 0 Å². The summed E-state index contributed by atoms with van der Waals surface area (Å²) in [6.45, 7) is 0. The molecule has 1 aromatic rings. The Kier molecular flexibility index (Phi) is 6.47. The van der Waals surface area contributed by atoms with Crippen molar-refractivity contribution in [3.05, 3.63) is 40.4 Å². The van der Waals surface area contributed by atoms with Crippen molar-refractivity contribution in [2.24, 2.45) is 5.10 Å². The van der Waals surface area contributed by atoms with E-state index in [1.165, 1.54) is 19.3 Å². The maximum atomic E-state index is 11.7. The van der Waals surface area contributed by atoms with E-state index in [4.69, 9.17) is 0 Å². The summed E-state index contributed by atoms with van der Waals surface area (Å²) in [5.74, 6) is 0. The monoisotopic (exact) mass is 349 g/mol. The van der Waals surface area contributed by atoms with Gasteiger partial charge in [0.15, 0.2) is 0 Å². The molecule has 0 heterocycles. The van der Waals surface area contributed by atoms with Crippen molar-refractivity contribution in [1.29, 1.82) is 0 Å². The minimum Gasteiger partial charge on any atom is -0.334 e. The van der Waals surface area contributed by atoms with Crippen molar-refractivity contribution in [2.45, 2.75) is 38.1 Å². The molecular weight excluding hydrogens is 330 g/mol. The van der Waals surface area contributed by atoms with Crippen LogP contribution in [0.2, 0.25) is 0 Å². The smallest absolute Gasteiger partial charge is 0.334 e. The van der Waals surface area contributed by atoms with Crippen molar-refractivity contribution in [3.63, 3.8) is 0 Å². The van der Waals surface area contributed by atoms with Crippen LogP contribution in [0.1, 0.15) is 37.7 Å². The first kappa shape index (κ1) is 15.8. The van der Waals surface area contributed by atoms with Crippen LogP contribution < -0.4 is 10.7 Å². The second-order valence-electron chi connectivity index (χ2n) is 5.12. The Morgan fingerprint density at radius 1 is 1.19 bits per heavy atom. The van der Waals surface area contributed by atoms with Crippen molar-refractivity contribution < 1.29 is 4.79 Å².